The minimum atomic E-state index is 0.189. The number of fused-ring (bicyclic) bond motifs is 4. The van der Waals surface area contributed by atoms with Gasteiger partial charge >= 0.3 is 0 Å². The van der Waals surface area contributed by atoms with Crippen molar-refractivity contribution in [1.29, 1.82) is 0 Å². The standard InChI is InChI=1S/C32H29N3O2/c1-19(2)22-14-15-25-26(20(3)4)18-30(34-31(25)32(22)36)37-21-12-13-24-23-9-5-6-10-27(23)35(28(24)17-21)29-11-7-8-16-33-29/h5-20,36H,1-4H3. The Kier molecular flexibility index (Phi) is 5.56. The van der Waals surface area contributed by atoms with Gasteiger partial charge in [0.2, 0.25) is 5.88 Å². The van der Waals surface area contributed by atoms with E-state index in [1.165, 1.54) is 0 Å². The summed E-state index contributed by atoms with van der Waals surface area (Å²) in [5.74, 6) is 2.65. The van der Waals surface area contributed by atoms with E-state index in [2.05, 4.69) is 67.6 Å². The van der Waals surface area contributed by atoms with Gasteiger partial charge in [-0.1, -0.05) is 64.1 Å². The molecule has 0 aliphatic heterocycles. The van der Waals surface area contributed by atoms with E-state index in [0.29, 0.717) is 17.1 Å². The molecule has 0 atom stereocenters. The molecule has 3 aromatic heterocycles. The molecule has 0 bridgehead atoms. The highest BCUT2D eigenvalue weighted by Gasteiger charge is 2.18. The van der Waals surface area contributed by atoms with Crippen molar-refractivity contribution in [3.8, 4) is 23.2 Å². The zero-order chi connectivity index (χ0) is 25.7. The average Bonchev–Trinajstić information content (AvgIpc) is 3.22. The van der Waals surface area contributed by atoms with E-state index in [9.17, 15) is 5.11 Å². The van der Waals surface area contributed by atoms with Gasteiger partial charge in [0.05, 0.1) is 11.0 Å². The lowest BCUT2D eigenvalue weighted by Gasteiger charge is -2.16. The number of aromatic hydroxyl groups is 1. The Morgan fingerprint density at radius 2 is 1.46 bits per heavy atom. The summed E-state index contributed by atoms with van der Waals surface area (Å²) < 4.78 is 8.53. The topological polar surface area (TPSA) is 60.2 Å². The first-order valence-corrected chi connectivity index (χ1v) is 12.7. The molecule has 0 aliphatic rings. The van der Waals surface area contributed by atoms with Gasteiger partial charge in [-0.2, -0.15) is 0 Å². The Morgan fingerprint density at radius 1 is 0.730 bits per heavy atom. The maximum Gasteiger partial charge on any atom is 0.220 e. The number of hydrogen-bond donors (Lipinski definition) is 1. The lowest BCUT2D eigenvalue weighted by molar-refractivity contribution is 0.456. The van der Waals surface area contributed by atoms with Crippen molar-refractivity contribution in [3.63, 3.8) is 0 Å². The van der Waals surface area contributed by atoms with Gasteiger partial charge in [-0.15, -0.1) is 0 Å². The monoisotopic (exact) mass is 487 g/mol. The van der Waals surface area contributed by atoms with Crippen molar-refractivity contribution >= 4 is 32.7 Å². The summed E-state index contributed by atoms with van der Waals surface area (Å²) in [6.07, 6.45) is 1.81. The van der Waals surface area contributed by atoms with Crippen LogP contribution >= 0.6 is 0 Å². The van der Waals surface area contributed by atoms with Gasteiger partial charge in [0, 0.05) is 34.5 Å². The third kappa shape index (κ3) is 3.87. The Hall–Kier alpha value is -4.38. The fourth-order valence-electron chi connectivity index (χ4n) is 5.16. The largest absolute Gasteiger partial charge is 0.505 e. The van der Waals surface area contributed by atoms with Crippen molar-refractivity contribution < 1.29 is 9.84 Å². The molecule has 0 aliphatic carbocycles. The van der Waals surface area contributed by atoms with Crippen LogP contribution in [0.25, 0.3) is 38.5 Å². The first kappa shape index (κ1) is 23.0. The van der Waals surface area contributed by atoms with Crippen LogP contribution in [0, 0.1) is 0 Å². The quantitative estimate of drug-likeness (QED) is 0.265. The van der Waals surface area contributed by atoms with Crippen LogP contribution in [0.5, 0.6) is 17.4 Å². The zero-order valence-corrected chi connectivity index (χ0v) is 21.4. The maximum atomic E-state index is 11.1. The number of pyridine rings is 2. The molecule has 184 valence electrons. The molecular weight excluding hydrogens is 458 g/mol. The van der Waals surface area contributed by atoms with Crippen LogP contribution in [0.2, 0.25) is 0 Å². The first-order valence-electron chi connectivity index (χ1n) is 12.7. The molecule has 1 N–H and O–H groups in total. The van der Waals surface area contributed by atoms with E-state index in [0.717, 1.165) is 44.1 Å². The number of rotatable bonds is 5. The molecule has 5 nitrogen and oxygen atoms in total. The molecule has 6 aromatic rings. The molecule has 3 aromatic carbocycles. The van der Waals surface area contributed by atoms with E-state index in [1.807, 2.05) is 48.5 Å². The van der Waals surface area contributed by atoms with Gasteiger partial charge in [0.15, 0.2) is 0 Å². The predicted molar refractivity (Wildman–Crippen MR) is 150 cm³/mol. The second kappa shape index (κ2) is 8.93. The molecule has 0 radical (unpaired) electrons. The summed E-state index contributed by atoms with van der Waals surface area (Å²) >= 11 is 0. The van der Waals surface area contributed by atoms with E-state index in [1.54, 1.807) is 6.20 Å². The van der Waals surface area contributed by atoms with E-state index in [-0.39, 0.29) is 17.6 Å². The smallest absolute Gasteiger partial charge is 0.220 e. The Labute approximate surface area is 216 Å². The van der Waals surface area contributed by atoms with Crippen LogP contribution in [0.15, 0.2) is 85.1 Å². The third-order valence-corrected chi connectivity index (χ3v) is 6.98. The van der Waals surface area contributed by atoms with Crippen molar-refractivity contribution in [3.05, 3.63) is 96.2 Å². The summed E-state index contributed by atoms with van der Waals surface area (Å²) in [6.45, 7) is 8.42. The van der Waals surface area contributed by atoms with Crippen molar-refractivity contribution in [1.82, 2.24) is 14.5 Å². The summed E-state index contributed by atoms with van der Waals surface area (Å²) in [6, 6.07) is 26.4. The Balaban J connectivity index is 1.52. The zero-order valence-electron chi connectivity index (χ0n) is 21.4. The van der Waals surface area contributed by atoms with Gasteiger partial charge in [-0.3, -0.25) is 4.57 Å². The fourth-order valence-corrected chi connectivity index (χ4v) is 5.16. The highest BCUT2D eigenvalue weighted by atomic mass is 16.5. The molecule has 0 saturated heterocycles. The van der Waals surface area contributed by atoms with Gasteiger partial charge in [-0.05, 0) is 53.3 Å². The summed E-state index contributed by atoms with van der Waals surface area (Å²) in [4.78, 5) is 9.38. The number of nitrogens with zero attached hydrogens (tertiary/aromatic N) is 3. The van der Waals surface area contributed by atoms with E-state index < -0.39 is 0 Å². The lowest BCUT2D eigenvalue weighted by Crippen LogP contribution is -1.99. The molecule has 0 fully saturated rings. The SMILES string of the molecule is CC(C)c1ccc2c(C(C)C)cc(Oc3ccc4c5ccccc5n(-c5ccccn5)c4c3)nc2c1O. The summed E-state index contributed by atoms with van der Waals surface area (Å²) in [7, 11) is 0. The highest BCUT2D eigenvalue weighted by Crippen LogP contribution is 2.39. The minimum absolute atomic E-state index is 0.189. The predicted octanol–water partition coefficient (Wildman–Crippen LogP) is 8.47. The van der Waals surface area contributed by atoms with Crippen LogP contribution < -0.4 is 4.74 Å². The normalized spacial score (nSPS) is 11.8. The van der Waals surface area contributed by atoms with Crippen molar-refractivity contribution in [2.45, 2.75) is 39.5 Å². The minimum Gasteiger partial charge on any atom is -0.505 e. The Bertz CT molecular complexity index is 1770. The fraction of sp³-hybridized carbons (Fsp3) is 0.188. The van der Waals surface area contributed by atoms with Gasteiger partial charge < -0.3 is 9.84 Å². The van der Waals surface area contributed by atoms with Crippen LogP contribution in [0.1, 0.15) is 50.7 Å². The molecule has 0 unspecified atom stereocenters. The van der Waals surface area contributed by atoms with Gasteiger partial charge in [0.25, 0.3) is 0 Å². The van der Waals surface area contributed by atoms with Crippen LogP contribution in [0.4, 0.5) is 0 Å². The number of para-hydroxylation sites is 1. The van der Waals surface area contributed by atoms with E-state index in [4.69, 9.17) is 9.72 Å². The number of hydrogen-bond acceptors (Lipinski definition) is 4. The number of ether oxygens (including phenoxy) is 1. The molecule has 6 rings (SSSR count). The second-order valence-corrected chi connectivity index (χ2v) is 10.1. The lowest BCUT2D eigenvalue weighted by atomic mass is 9.94. The van der Waals surface area contributed by atoms with E-state index >= 15 is 0 Å². The highest BCUT2D eigenvalue weighted by molar-refractivity contribution is 6.09. The molecular formula is C32H29N3O2. The number of phenolic OH excluding ortho intramolecular Hbond substituents is 1. The molecule has 37 heavy (non-hydrogen) atoms. The molecule has 3 heterocycles. The average molecular weight is 488 g/mol. The van der Waals surface area contributed by atoms with Gasteiger partial charge in [0.1, 0.15) is 22.8 Å². The molecule has 0 spiro atoms. The van der Waals surface area contributed by atoms with Crippen molar-refractivity contribution in [2.75, 3.05) is 0 Å². The number of aromatic nitrogens is 3. The molecule has 0 saturated carbocycles. The van der Waals surface area contributed by atoms with Crippen LogP contribution in [0.3, 0.4) is 0 Å². The van der Waals surface area contributed by atoms with Crippen LogP contribution in [-0.2, 0) is 0 Å². The first-order chi connectivity index (χ1) is 17.9. The van der Waals surface area contributed by atoms with Crippen LogP contribution in [-0.4, -0.2) is 19.6 Å². The Morgan fingerprint density at radius 3 is 2.22 bits per heavy atom. The van der Waals surface area contributed by atoms with Gasteiger partial charge in [-0.25, -0.2) is 9.97 Å². The summed E-state index contributed by atoms with van der Waals surface area (Å²) in [5.41, 5.74) is 4.65. The number of phenols is 1. The maximum absolute atomic E-state index is 11.1. The second-order valence-electron chi connectivity index (χ2n) is 10.1. The summed E-state index contributed by atoms with van der Waals surface area (Å²) in [5, 5.41) is 14.3. The molecule has 5 heteroatoms. The van der Waals surface area contributed by atoms with Crippen molar-refractivity contribution in [2.24, 2.45) is 0 Å². The molecule has 0 amide bonds. The third-order valence-electron chi connectivity index (χ3n) is 6.98. The number of benzene rings is 3.